The first-order valence-corrected chi connectivity index (χ1v) is 12.6. The maximum atomic E-state index is 13.0. The molecule has 202 valence electrons. The third kappa shape index (κ3) is 9.23. The number of β-lactam (4-membered cyclic amide) rings is 1. The van der Waals surface area contributed by atoms with Crippen LogP contribution in [0.5, 0.6) is 0 Å². The van der Waals surface area contributed by atoms with Crippen LogP contribution < -0.4 is 11.1 Å². The molecule has 1 fully saturated rings. The van der Waals surface area contributed by atoms with Gasteiger partial charge in [-0.15, -0.1) is 11.3 Å². The van der Waals surface area contributed by atoms with Crippen LogP contribution in [0.15, 0.2) is 10.5 Å². The summed E-state index contributed by atoms with van der Waals surface area (Å²) in [6, 6.07) is -0.961. The number of carboxylic acid groups (broad SMARTS) is 2. The number of likely N-dealkylation sites (tertiary alicyclic amines) is 1. The summed E-state index contributed by atoms with van der Waals surface area (Å²) < 4.78 is 5.39. The van der Waals surface area contributed by atoms with Crippen LogP contribution in [0.4, 0.5) is 5.13 Å². The Hall–Kier alpha value is -2.99. The van der Waals surface area contributed by atoms with E-state index in [1.807, 2.05) is 0 Å². The summed E-state index contributed by atoms with van der Waals surface area (Å²) in [6.07, 6.45) is -0.914. The van der Waals surface area contributed by atoms with E-state index in [9.17, 15) is 19.5 Å². The zero-order valence-corrected chi connectivity index (χ0v) is 21.5. The minimum atomic E-state index is -0.998. The molecule has 0 spiro atoms. The van der Waals surface area contributed by atoms with Crippen molar-refractivity contribution in [3.05, 3.63) is 11.1 Å². The highest BCUT2D eigenvalue weighted by Crippen LogP contribution is 2.27. The largest absolute Gasteiger partial charge is 0.481 e. The highest BCUT2D eigenvalue weighted by atomic mass is 32.2. The Labute approximate surface area is 213 Å². The van der Waals surface area contributed by atoms with E-state index in [0.29, 0.717) is 0 Å². The molecule has 36 heavy (non-hydrogen) atoms. The predicted molar refractivity (Wildman–Crippen MR) is 130 cm³/mol. The number of likely N-dealkylation sites (N-methyl/N-ethyl adjacent to an activating group) is 1. The fourth-order valence-corrected chi connectivity index (χ4v) is 5.29. The van der Waals surface area contributed by atoms with Crippen molar-refractivity contribution in [2.75, 3.05) is 38.9 Å². The number of hydrogen-bond donors (Lipinski definition) is 6. The molecule has 1 saturated heterocycles. The Bertz CT molecular complexity index is 939. The molecular weight excluding hydrogens is 522 g/mol. The van der Waals surface area contributed by atoms with E-state index in [1.165, 1.54) is 24.4 Å². The van der Waals surface area contributed by atoms with Crippen molar-refractivity contribution in [3.8, 4) is 0 Å². The molecule has 7 N–H and O–H groups in total. The molecule has 1 aliphatic rings. The fourth-order valence-electron chi connectivity index (χ4n) is 2.82. The highest BCUT2D eigenvalue weighted by Gasteiger charge is 2.58. The second kappa shape index (κ2) is 15.2. The first kappa shape index (κ1) is 31.0. The van der Waals surface area contributed by atoms with Crippen LogP contribution in [0.1, 0.15) is 25.5 Å². The summed E-state index contributed by atoms with van der Waals surface area (Å²) >= 11 is 0.138. The van der Waals surface area contributed by atoms with Crippen molar-refractivity contribution in [2.24, 2.45) is 5.16 Å². The van der Waals surface area contributed by atoms with E-state index < -0.39 is 53.1 Å². The summed E-state index contributed by atoms with van der Waals surface area (Å²) in [4.78, 5) is 55.9. The Morgan fingerprint density at radius 3 is 2.47 bits per heavy atom. The lowest BCUT2D eigenvalue weighted by molar-refractivity contribution is -0.146. The van der Waals surface area contributed by atoms with Crippen molar-refractivity contribution < 1.29 is 48.6 Å². The molecule has 2 heterocycles. The van der Waals surface area contributed by atoms with E-state index in [4.69, 9.17) is 34.9 Å². The second-order valence-corrected chi connectivity index (χ2v) is 10.0. The number of nitrogen functional groups attached to an aromatic ring is 1. The molecule has 15 nitrogen and oxygen atoms in total. The number of carbonyl (C=O) groups is 4. The van der Waals surface area contributed by atoms with Gasteiger partial charge in [0, 0.05) is 32.4 Å². The molecule has 17 heteroatoms. The number of nitrogens with two attached hydrogens (primary N) is 1. The molecule has 0 saturated carbocycles. The van der Waals surface area contributed by atoms with Gasteiger partial charge in [-0.2, -0.15) is 4.18 Å². The zero-order chi connectivity index (χ0) is 27.4. The van der Waals surface area contributed by atoms with Gasteiger partial charge in [-0.25, -0.2) is 4.98 Å². The van der Waals surface area contributed by atoms with Crippen molar-refractivity contribution in [3.63, 3.8) is 0 Å². The quantitative estimate of drug-likeness (QED) is 0.0689. The van der Waals surface area contributed by atoms with Gasteiger partial charge in [-0.05, 0) is 0 Å². The number of anilines is 1. The van der Waals surface area contributed by atoms with Crippen LogP contribution in [0.2, 0.25) is 0 Å². The lowest BCUT2D eigenvalue weighted by Gasteiger charge is -2.41. The van der Waals surface area contributed by atoms with Crippen LogP contribution in [0.25, 0.3) is 0 Å². The van der Waals surface area contributed by atoms with E-state index in [0.717, 1.165) is 18.3 Å². The SMILES string of the molecule is CC(=O)O.CO[S+](CCC(=O)O)[C@@H]1[C@H](NC(=O)/C(=N\O[C@@H](CO)CCO)c2csc(N)n2)C(=O)N1C. The molecule has 0 aromatic carbocycles. The number of aromatic nitrogens is 1. The van der Waals surface area contributed by atoms with E-state index in [1.54, 1.807) is 0 Å². The molecule has 1 aliphatic heterocycles. The summed E-state index contributed by atoms with van der Waals surface area (Å²) in [5.74, 6) is -2.81. The van der Waals surface area contributed by atoms with Crippen LogP contribution in [-0.4, -0.2) is 110 Å². The summed E-state index contributed by atoms with van der Waals surface area (Å²) in [5, 5.41) is 42.2. The van der Waals surface area contributed by atoms with Gasteiger partial charge in [0.2, 0.25) is 0 Å². The van der Waals surface area contributed by atoms with Crippen LogP contribution in [0.3, 0.4) is 0 Å². The van der Waals surface area contributed by atoms with Gasteiger partial charge in [0.15, 0.2) is 39.9 Å². The van der Waals surface area contributed by atoms with Crippen LogP contribution in [0, 0.1) is 0 Å². The number of carbonyl (C=O) groups excluding carboxylic acids is 2. The lowest BCUT2D eigenvalue weighted by atomic mass is 10.1. The number of aliphatic carboxylic acids is 2. The first-order chi connectivity index (χ1) is 17.0. The Balaban J connectivity index is 0.00000150. The molecular formula is C19H30N5O10S2+. The first-order valence-electron chi connectivity index (χ1n) is 10.4. The van der Waals surface area contributed by atoms with E-state index in [-0.39, 0.29) is 47.6 Å². The van der Waals surface area contributed by atoms with E-state index in [2.05, 4.69) is 15.5 Å². The molecule has 2 amide bonds. The van der Waals surface area contributed by atoms with Gasteiger partial charge in [0.25, 0.3) is 23.2 Å². The number of rotatable bonds is 13. The smallest absolute Gasteiger partial charge is 0.308 e. The summed E-state index contributed by atoms with van der Waals surface area (Å²) in [5.41, 5.74) is 5.49. The van der Waals surface area contributed by atoms with Crippen LogP contribution >= 0.6 is 11.3 Å². The number of aliphatic hydroxyl groups is 2. The number of nitrogens with one attached hydrogen (secondary N) is 1. The topological polar surface area (TPSA) is 234 Å². The number of oxime groups is 1. The molecule has 0 radical (unpaired) electrons. The number of hydrogen-bond acceptors (Lipinski definition) is 12. The monoisotopic (exact) mass is 552 g/mol. The predicted octanol–water partition coefficient (Wildman–Crippen LogP) is -1.78. The third-order valence-corrected chi connectivity index (χ3v) is 7.33. The normalized spacial score (nSPS) is 18.9. The van der Waals surface area contributed by atoms with Gasteiger partial charge < -0.3 is 36.3 Å². The number of nitrogens with zero attached hydrogens (tertiary/aromatic N) is 3. The van der Waals surface area contributed by atoms with Gasteiger partial charge >= 0.3 is 5.97 Å². The van der Waals surface area contributed by atoms with Gasteiger partial charge in [-0.3, -0.25) is 24.1 Å². The minimum absolute atomic E-state index is 0.0856. The fraction of sp³-hybridized carbons (Fsp3) is 0.579. The Kier molecular flexibility index (Phi) is 13.1. The summed E-state index contributed by atoms with van der Waals surface area (Å²) in [6.45, 7) is 0.387. The van der Waals surface area contributed by atoms with Crippen molar-refractivity contribution in [1.82, 2.24) is 15.2 Å². The lowest BCUT2D eigenvalue weighted by Crippen LogP contribution is -2.72. The number of thiazole rings is 1. The maximum absolute atomic E-state index is 13.0. The number of aliphatic hydroxyl groups excluding tert-OH is 2. The number of amides is 2. The second-order valence-electron chi connectivity index (χ2n) is 7.14. The molecule has 1 aromatic rings. The van der Waals surface area contributed by atoms with Gasteiger partial charge in [0.1, 0.15) is 5.69 Å². The average Bonchev–Trinajstić information content (AvgIpc) is 3.25. The standard InChI is InChI=1S/C17H25N5O8S2.C2H4O2/c1-22-15(28)13(16(22)32(29-2)6-4-11(25)26)20-14(27)12(10-8-31-17(18)19-10)21-30-9(7-24)3-5-23;1-2(3)4/h8-9,13,16,23-24H,3-7H2,1-2H3,(H3-,18,19,20,25,26,27);1H3,(H,3,4)/p+1/b21-12-;/t9-,13-,16-,32?;/m1./s1. The van der Waals surface area contributed by atoms with E-state index >= 15 is 0 Å². The highest BCUT2D eigenvalue weighted by molar-refractivity contribution is 7.93. The maximum Gasteiger partial charge on any atom is 0.308 e. The van der Waals surface area contributed by atoms with Gasteiger partial charge in [0.05, 0.1) is 20.1 Å². The minimum Gasteiger partial charge on any atom is -0.481 e. The third-order valence-electron chi connectivity index (χ3n) is 4.50. The van der Waals surface area contributed by atoms with Crippen molar-refractivity contribution in [1.29, 1.82) is 0 Å². The van der Waals surface area contributed by atoms with Crippen LogP contribution in [-0.2, 0) is 39.4 Å². The Morgan fingerprint density at radius 2 is 2.00 bits per heavy atom. The molecule has 1 aromatic heterocycles. The summed E-state index contributed by atoms with van der Waals surface area (Å²) in [7, 11) is 2.95. The Morgan fingerprint density at radius 1 is 1.36 bits per heavy atom. The molecule has 1 unspecified atom stereocenters. The average molecular weight is 553 g/mol. The van der Waals surface area contributed by atoms with Crippen molar-refractivity contribution in [2.45, 2.75) is 37.3 Å². The molecule has 2 rings (SSSR count). The molecule has 0 aliphatic carbocycles. The molecule has 4 atom stereocenters. The zero-order valence-electron chi connectivity index (χ0n) is 19.8. The molecule has 0 bridgehead atoms. The van der Waals surface area contributed by atoms with Gasteiger partial charge in [-0.1, -0.05) is 5.16 Å². The van der Waals surface area contributed by atoms with Crippen molar-refractivity contribution >= 4 is 57.1 Å². The number of carboxylic acids is 2.